The highest BCUT2D eigenvalue weighted by atomic mass is 32.2. The Labute approximate surface area is 392 Å². The third-order valence-electron chi connectivity index (χ3n) is 13.1. The average molecular weight is 900 g/mol. The molecule has 9 aromatic rings. The molecule has 13 rings (SSSR count). The van der Waals surface area contributed by atoms with Crippen molar-refractivity contribution in [2.24, 2.45) is 0 Å². The summed E-state index contributed by atoms with van der Waals surface area (Å²) < 4.78 is 9.12. The Hall–Kier alpha value is -6.26. The predicted molar refractivity (Wildman–Crippen MR) is 272 cm³/mol. The Kier molecular flexibility index (Phi) is 8.50. The second-order valence-corrected chi connectivity index (χ2v) is 22.6. The first-order chi connectivity index (χ1) is 31.4. The highest BCUT2D eigenvalue weighted by molar-refractivity contribution is 8.01. The van der Waals surface area contributed by atoms with Crippen LogP contribution < -0.4 is 19.4 Å². The molecule has 0 radical (unpaired) electrons. The van der Waals surface area contributed by atoms with Crippen molar-refractivity contribution >= 4 is 96.9 Å². The summed E-state index contributed by atoms with van der Waals surface area (Å²) in [6.45, 7) is 14.2. The molecule has 4 aliphatic rings. The minimum Gasteiger partial charge on any atom is -0.457 e. The van der Waals surface area contributed by atoms with E-state index >= 15 is 0 Å². The maximum absolute atomic E-state index is 6.82. The topological polar surface area (TPSA) is 36.8 Å². The van der Waals surface area contributed by atoms with E-state index in [-0.39, 0.29) is 10.8 Å². The molecule has 6 nitrogen and oxygen atoms in total. The van der Waals surface area contributed by atoms with Gasteiger partial charge in [0.05, 0.1) is 39.5 Å². The predicted octanol–water partition coefficient (Wildman–Crippen LogP) is 16.7. The molecule has 4 aliphatic heterocycles. The SMILES string of the molecule is CC(C)(C)c1ccnc(-n2c3ccc(C(C)(C)C)cc3c3ccc(Oc4cccc(N5CN(c6cc7c8c(c6)Sc6cccc9c6N8c6c(cccc6S7)S9)c6ccccc65)c4)cc32)c1. The lowest BCUT2D eigenvalue weighted by atomic mass is 9.86. The third-order valence-corrected chi connectivity index (χ3v) is 16.4. The Balaban J connectivity index is 0.858. The van der Waals surface area contributed by atoms with Crippen LogP contribution in [-0.4, -0.2) is 16.2 Å². The Morgan fingerprint density at radius 3 is 1.72 bits per heavy atom. The third kappa shape index (κ3) is 6.15. The van der Waals surface area contributed by atoms with E-state index in [4.69, 9.17) is 9.72 Å². The first-order valence-corrected chi connectivity index (χ1v) is 24.6. The van der Waals surface area contributed by atoms with Gasteiger partial charge in [-0.1, -0.05) is 113 Å². The lowest BCUT2D eigenvalue weighted by molar-refractivity contribution is 0.483. The molecule has 0 amide bonds. The zero-order chi connectivity index (χ0) is 43.9. The number of benzene rings is 7. The number of pyridine rings is 1. The molecule has 65 heavy (non-hydrogen) atoms. The number of ether oxygens (including phenoxy) is 1. The summed E-state index contributed by atoms with van der Waals surface area (Å²) in [6.07, 6.45) is 1.94. The molecule has 2 aromatic heterocycles. The van der Waals surface area contributed by atoms with Crippen LogP contribution in [0.25, 0.3) is 27.6 Å². The van der Waals surface area contributed by atoms with Gasteiger partial charge in [0.15, 0.2) is 0 Å². The van der Waals surface area contributed by atoms with Gasteiger partial charge in [0.25, 0.3) is 0 Å². The Morgan fingerprint density at radius 1 is 0.477 bits per heavy atom. The van der Waals surface area contributed by atoms with Gasteiger partial charge >= 0.3 is 0 Å². The van der Waals surface area contributed by atoms with Gasteiger partial charge in [0, 0.05) is 69.8 Å². The first kappa shape index (κ1) is 39.1. The van der Waals surface area contributed by atoms with Crippen molar-refractivity contribution in [1.29, 1.82) is 0 Å². The summed E-state index contributed by atoms with van der Waals surface area (Å²) in [4.78, 5) is 20.2. The molecule has 6 heterocycles. The largest absolute Gasteiger partial charge is 0.457 e. The molecule has 318 valence electrons. The van der Waals surface area contributed by atoms with Crippen molar-refractivity contribution in [3.8, 4) is 17.3 Å². The highest BCUT2D eigenvalue weighted by Gasteiger charge is 2.40. The van der Waals surface area contributed by atoms with Crippen LogP contribution >= 0.6 is 35.3 Å². The standard InChI is InChI=1S/C56H45N5OS3/c1-55(2,3)33-20-23-41-40(26-33)39-22-21-38(31-44(39)60(41)51-27-34(24-25-57-51)56(4,5)6)62-37-13-9-12-35(28-37)58-32-59(43-15-8-7-14-42(43)58)36-29-49-54-50(30-36)65-48-19-11-17-46-53(48)61(54)52-45(63-46)16-10-18-47(52)64-49/h7-31H,32H2,1-6H3. The number of fused-ring (bicyclic) bond motifs is 4. The summed E-state index contributed by atoms with van der Waals surface area (Å²) in [6, 6.07) is 53.3. The van der Waals surface area contributed by atoms with Crippen LogP contribution in [0.15, 0.2) is 181 Å². The fraction of sp³-hybridized carbons (Fsp3) is 0.161. The minimum atomic E-state index is -0.0152. The van der Waals surface area contributed by atoms with Crippen molar-refractivity contribution in [3.63, 3.8) is 0 Å². The zero-order valence-electron chi connectivity index (χ0n) is 37.0. The normalized spacial score (nSPS) is 14.6. The number of aromatic nitrogens is 2. The molecule has 0 N–H and O–H groups in total. The van der Waals surface area contributed by atoms with Crippen LogP contribution in [0.1, 0.15) is 52.7 Å². The average Bonchev–Trinajstić information content (AvgIpc) is 3.84. The van der Waals surface area contributed by atoms with Gasteiger partial charge in [-0.15, -0.1) is 0 Å². The van der Waals surface area contributed by atoms with Gasteiger partial charge in [-0.05, 0) is 119 Å². The van der Waals surface area contributed by atoms with Crippen LogP contribution in [0.2, 0.25) is 0 Å². The fourth-order valence-corrected chi connectivity index (χ4v) is 13.5. The molecule has 0 spiro atoms. The molecule has 0 bridgehead atoms. The van der Waals surface area contributed by atoms with Gasteiger partial charge < -0.3 is 19.4 Å². The van der Waals surface area contributed by atoms with Crippen LogP contribution in [0.4, 0.5) is 39.8 Å². The van der Waals surface area contributed by atoms with Gasteiger partial charge in [-0.25, -0.2) is 4.98 Å². The molecular formula is C56H45N5OS3. The molecule has 7 aromatic carbocycles. The van der Waals surface area contributed by atoms with Crippen molar-refractivity contribution < 1.29 is 4.74 Å². The Bertz CT molecular complexity index is 3410. The molecule has 0 unspecified atom stereocenters. The smallest absolute Gasteiger partial charge is 0.137 e. The number of anilines is 7. The molecule has 0 saturated carbocycles. The van der Waals surface area contributed by atoms with E-state index in [9.17, 15) is 0 Å². The number of nitrogens with zero attached hydrogens (tertiary/aromatic N) is 5. The fourth-order valence-electron chi connectivity index (χ4n) is 9.86. The lowest BCUT2D eigenvalue weighted by Crippen LogP contribution is -2.25. The van der Waals surface area contributed by atoms with Crippen LogP contribution in [0, 0.1) is 0 Å². The van der Waals surface area contributed by atoms with Crippen LogP contribution in [0.3, 0.4) is 0 Å². The monoisotopic (exact) mass is 899 g/mol. The molecule has 0 fully saturated rings. The maximum Gasteiger partial charge on any atom is 0.137 e. The molecular weight excluding hydrogens is 855 g/mol. The van der Waals surface area contributed by atoms with Gasteiger partial charge in [-0.3, -0.25) is 4.57 Å². The van der Waals surface area contributed by atoms with Crippen LogP contribution in [0.5, 0.6) is 11.5 Å². The number of para-hydroxylation sites is 4. The zero-order valence-corrected chi connectivity index (χ0v) is 39.5. The number of hydrogen-bond donors (Lipinski definition) is 0. The maximum atomic E-state index is 6.82. The second kappa shape index (κ2) is 14.1. The van der Waals surface area contributed by atoms with E-state index < -0.39 is 0 Å². The molecule has 0 aliphatic carbocycles. The van der Waals surface area contributed by atoms with E-state index in [0.29, 0.717) is 6.67 Å². The molecule has 0 atom stereocenters. The van der Waals surface area contributed by atoms with E-state index in [1.54, 1.807) is 0 Å². The number of hydrogen-bond acceptors (Lipinski definition) is 8. The molecule has 0 saturated heterocycles. The molecule has 9 heteroatoms. The van der Waals surface area contributed by atoms with Crippen molar-refractivity contribution in [3.05, 3.63) is 163 Å². The first-order valence-electron chi connectivity index (χ1n) is 22.2. The second-order valence-electron chi connectivity index (χ2n) is 19.4. The van der Waals surface area contributed by atoms with E-state index in [0.717, 1.165) is 34.0 Å². The lowest BCUT2D eigenvalue weighted by Gasteiger charge is -2.43. The van der Waals surface area contributed by atoms with Crippen molar-refractivity contribution in [2.45, 2.75) is 81.7 Å². The Morgan fingerprint density at radius 2 is 1.06 bits per heavy atom. The van der Waals surface area contributed by atoms with Gasteiger partial charge in [0.1, 0.15) is 24.0 Å². The van der Waals surface area contributed by atoms with Gasteiger partial charge in [0.2, 0.25) is 0 Å². The summed E-state index contributed by atoms with van der Waals surface area (Å²) in [7, 11) is 0. The summed E-state index contributed by atoms with van der Waals surface area (Å²) in [5.41, 5.74) is 13.3. The summed E-state index contributed by atoms with van der Waals surface area (Å²) in [5, 5.41) is 2.39. The van der Waals surface area contributed by atoms with Crippen molar-refractivity contribution in [2.75, 3.05) is 21.4 Å². The van der Waals surface area contributed by atoms with E-state index in [1.165, 1.54) is 85.4 Å². The highest BCUT2D eigenvalue weighted by Crippen LogP contribution is 2.67. The van der Waals surface area contributed by atoms with E-state index in [2.05, 4.69) is 206 Å². The summed E-state index contributed by atoms with van der Waals surface area (Å²) >= 11 is 5.68. The quantitative estimate of drug-likeness (QED) is 0.169. The van der Waals surface area contributed by atoms with Crippen LogP contribution in [-0.2, 0) is 10.8 Å². The summed E-state index contributed by atoms with van der Waals surface area (Å²) in [5.74, 6) is 2.46. The van der Waals surface area contributed by atoms with Crippen molar-refractivity contribution in [1.82, 2.24) is 9.55 Å². The number of rotatable bonds is 5. The van der Waals surface area contributed by atoms with E-state index in [1.807, 2.05) is 41.5 Å². The minimum absolute atomic E-state index is 0.0152. The van der Waals surface area contributed by atoms with Gasteiger partial charge in [-0.2, -0.15) is 0 Å².